The standard InChI is InChI=1S/C14H16NS.ClH/c1-4-13-5-7-14(8-6-13)9-15-10-16-12(3)11(15)2;/h4-8,10H,1,9H2,2-3H3;1H/q+1;/p-1. The summed E-state index contributed by atoms with van der Waals surface area (Å²) in [7, 11) is 0. The van der Waals surface area contributed by atoms with E-state index in [2.05, 4.69) is 54.8 Å². The normalized spacial score (nSPS) is 9.76. The van der Waals surface area contributed by atoms with Gasteiger partial charge in [-0.3, -0.25) is 0 Å². The third-order valence-electron chi connectivity index (χ3n) is 2.87. The summed E-state index contributed by atoms with van der Waals surface area (Å²) >= 11 is 1.80. The fourth-order valence-corrected chi connectivity index (χ4v) is 2.43. The Morgan fingerprint density at radius 1 is 1.24 bits per heavy atom. The minimum atomic E-state index is 0. The van der Waals surface area contributed by atoms with Gasteiger partial charge in [0.1, 0.15) is 0 Å². The van der Waals surface area contributed by atoms with Gasteiger partial charge in [0.05, 0.1) is 4.88 Å². The molecular formula is C14H16ClNS. The molecule has 0 unspecified atom stereocenters. The van der Waals surface area contributed by atoms with E-state index < -0.39 is 0 Å². The van der Waals surface area contributed by atoms with Crippen LogP contribution >= 0.6 is 11.3 Å². The maximum atomic E-state index is 3.76. The molecule has 17 heavy (non-hydrogen) atoms. The molecule has 0 atom stereocenters. The lowest BCUT2D eigenvalue weighted by Gasteiger charge is -1.98. The number of aromatic nitrogens is 1. The maximum Gasteiger partial charge on any atom is 0.225 e. The molecule has 0 fully saturated rings. The Morgan fingerprint density at radius 2 is 1.88 bits per heavy atom. The van der Waals surface area contributed by atoms with Gasteiger partial charge < -0.3 is 12.4 Å². The van der Waals surface area contributed by atoms with Gasteiger partial charge in [-0.25, -0.2) is 0 Å². The Kier molecular flexibility index (Phi) is 4.91. The van der Waals surface area contributed by atoms with Gasteiger partial charge in [-0.05, 0) is 12.5 Å². The van der Waals surface area contributed by atoms with Gasteiger partial charge in [0.15, 0.2) is 12.2 Å². The molecule has 0 amide bonds. The topological polar surface area (TPSA) is 3.88 Å². The second kappa shape index (κ2) is 5.99. The highest BCUT2D eigenvalue weighted by Crippen LogP contribution is 2.10. The van der Waals surface area contributed by atoms with Gasteiger partial charge in [0.25, 0.3) is 0 Å². The first kappa shape index (κ1) is 13.9. The van der Waals surface area contributed by atoms with Crippen LogP contribution in [0.2, 0.25) is 0 Å². The van der Waals surface area contributed by atoms with Crippen molar-refractivity contribution in [2.75, 3.05) is 0 Å². The summed E-state index contributed by atoms with van der Waals surface area (Å²) < 4.78 is 2.29. The quantitative estimate of drug-likeness (QED) is 0.705. The molecule has 0 aliphatic heterocycles. The zero-order valence-electron chi connectivity index (χ0n) is 10.1. The molecule has 2 rings (SSSR count). The molecule has 1 nitrogen and oxygen atoms in total. The lowest BCUT2D eigenvalue weighted by molar-refractivity contribution is -0.689. The Labute approximate surface area is 113 Å². The van der Waals surface area contributed by atoms with Gasteiger partial charge in [-0.1, -0.05) is 48.3 Å². The molecule has 0 saturated heterocycles. The van der Waals surface area contributed by atoms with Crippen LogP contribution < -0.4 is 17.0 Å². The average molecular weight is 266 g/mol. The first-order valence-corrected chi connectivity index (χ1v) is 6.24. The molecule has 2 aromatic rings. The van der Waals surface area contributed by atoms with E-state index in [1.807, 2.05) is 6.08 Å². The van der Waals surface area contributed by atoms with Crippen LogP contribution in [0.15, 0.2) is 36.4 Å². The summed E-state index contributed by atoms with van der Waals surface area (Å²) in [5, 5.41) is 0. The van der Waals surface area contributed by atoms with Gasteiger partial charge in [-0.15, -0.1) is 0 Å². The second-order valence-corrected chi connectivity index (χ2v) is 5.00. The summed E-state index contributed by atoms with van der Waals surface area (Å²) in [5.74, 6) is 0. The molecule has 0 saturated carbocycles. The minimum Gasteiger partial charge on any atom is -1.00 e. The molecule has 0 radical (unpaired) electrons. The average Bonchev–Trinajstić information content (AvgIpc) is 2.62. The maximum absolute atomic E-state index is 3.76. The number of hydrogen-bond acceptors (Lipinski definition) is 1. The van der Waals surface area contributed by atoms with Crippen LogP contribution in [0, 0.1) is 13.8 Å². The minimum absolute atomic E-state index is 0. The molecule has 0 aliphatic carbocycles. The van der Waals surface area contributed by atoms with Crippen LogP contribution in [0.3, 0.4) is 0 Å². The van der Waals surface area contributed by atoms with Crippen LogP contribution in [-0.2, 0) is 6.54 Å². The van der Waals surface area contributed by atoms with E-state index >= 15 is 0 Å². The fraction of sp³-hybridized carbons (Fsp3) is 0.214. The highest BCUT2D eigenvalue weighted by Gasteiger charge is 2.11. The molecular weight excluding hydrogens is 250 g/mol. The summed E-state index contributed by atoms with van der Waals surface area (Å²) in [6, 6.07) is 8.54. The van der Waals surface area contributed by atoms with Crippen molar-refractivity contribution < 1.29 is 17.0 Å². The van der Waals surface area contributed by atoms with Crippen LogP contribution in [0.4, 0.5) is 0 Å². The number of aryl methyl sites for hydroxylation is 1. The van der Waals surface area contributed by atoms with Gasteiger partial charge in [0, 0.05) is 12.5 Å². The molecule has 0 spiro atoms. The summed E-state index contributed by atoms with van der Waals surface area (Å²) in [5.41, 5.74) is 6.05. The molecule has 0 aliphatic rings. The Balaban J connectivity index is 0.00000144. The first-order chi connectivity index (χ1) is 7.70. The van der Waals surface area contributed by atoms with Crippen molar-refractivity contribution in [2.45, 2.75) is 20.4 Å². The number of rotatable bonds is 3. The van der Waals surface area contributed by atoms with E-state index in [0.29, 0.717) is 0 Å². The number of nitrogens with zero attached hydrogens (tertiary/aromatic N) is 1. The zero-order valence-corrected chi connectivity index (χ0v) is 11.7. The third kappa shape index (κ3) is 3.18. The van der Waals surface area contributed by atoms with Gasteiger partial charge >= 0.3 is 0 Å². The molecule has 0 N–H and O–H groups in total. The molecule has 1 heterocycles. The van der Waals surface area contributed by atoms with E-state index in [1.54, 1.807) is 11.3 Å². The monoisotopic (exact) mass is 265 g/mol. The van der Waals surface area contributed by atoms with Crippen LogP contribution in [0.5, 0.6) is 0 Å². The molecule has 1 aromatic carbocycles. The van der Waals surface area contributed by atoms with Crippen LogP contribution in [-0.4, -0.2) is 0 Å². The molecule has 0 bridgehead atoms. The Hall–Kier alpha value is -1.12. The number of thiazole rings is 1. The molecule has 90 valence electrons. The van der Waals surface area contributed by atoms with E-state index in [0.717, 1.165) is 6.54 Å². The van der Waals surface area contributed by atoms with Crippen molar-refractivity contribution in [2.24, 2.45) is 0 Å². The van der Waals surface area contributed by atoms with Gasteiger partial charge in [0.2, 0.25) is 5.51 Å². The number of benzene rings is 1. The van der Waals surface area contributed by atoms with Crippen molar-refractivity contribution in [3.63, 3.8) is 0 Å². The smallest absolute Gasteiger partial charge is 0.225 e. The highest BCUT2D eigenvalue weighted by atomic mass is 35.5. The fourth-order valence-electron chi connectivity index (χ4n) is 1.62. The van der Waals surface area contributed by atoms with E-state index in [4.69, 9.17) is 0 Å². The lowest BCUT2D eigenvalue weighted by atomic mass is 10.1. The first-order valence-electron chi connectivity index (χ1n) is 5.36. The third-order valence-corrected chi connectivity index (χ3v) is 3.87. The summed E-state index contributed by atoms with van der Waals surface area (Å²) in [6.45, 7) is 9.05. The number of hydrogen-bond donors (Lipinski definition) is 0. The molecule has 1 aromatic heterocycles. The van der Waals surface area contributed by atoms with Crippen molar-refractivity contribution in [3.8, 4) is 0 Å². The van der Waals surface area contributed by atoms with Crippen molar-refractivity contribution in [3.05, 3.63) is 58.1 Å². The summed E-state index contributed by atoms with van der Waals surface area (Å²) in [6.07, 6.45) is 1.87. The highest BCUT2D eigenvalue weighted by molar-refractivity contribution is 7.09. The Morgan fingerprint density at radius 3 is 2.35 bits per heavy atom. The Bertz CT molecular complexity index is 499. The number of halogens is 1. The van der Waals surface area contributed by atoms with Gasteiger partial charge in [-0.2, -0.15) is 4.57 Å². The van der Waals surface area contributed by atoms with Crippen LogP contribution in [0.1, 0.15) is 21.7 Å². The largest absolute Gasteiger partial charge is 1.00 e. The van der Waals surface area contributed by atoms with Crippen molar-refractivity contribution >= 4 is 17.4 Å². The molecule has 3 heteroatoms. The summed E-state index contributed by atoms with van der Waals surface area (Å²) in [4.78, 5) is 1.39. The van der Waals surface area contributed by atoms with Crippen molar-refractivity contribution in [1.82, 2.24) is 0 Å². The van der Waals surface area contributed by atoms with E-state index in [9.17, 15) is 0 Å². The lowest BCUT2D eigenvalue weighted by Crippen LogP contribution is -3.00. The van der Waals surface area contributed by atoms with E-state index in [1.165, 1.54) is 21.7 Å². The van der Waals surface area contributed by atoms with E-state index in [-0.39, 0.29) is 12.4 Å². The predicted molar refractivity (Wildman–Crippen MR) is 69.6 cm³/mol. The van der Waals surface area contributed by atoms with Crippen molar-refractivity contribution in [1.29, 1.82) is 0 Å². The second-order valence-electron chi connectivity index (χ2n) is 3.94. The zero-order chi connectivity index (χ0) is 11.5. The van der Waals surface area contributed by atoms with Crippen LogP contribution in [0.25, 0.3) is 6.08 Å². The predicted octanol–water partition coefficient (Wildman–Crippen LogP) is 0.348. The SMILES string of the molecule is C=Cc1ccc(C[n+]2csc(C)c2C)cc1.[Cl-].